The summed E-state index contributed by atoms with van der Waals surface area (Å²) in [6, 6.07) is 13.0. The summed E-state index contributed by atoms with van der Waals surface area (Å²) in [6.07, 6.45) is 0. The predicted molar refractivity (Wildman–Crippen MR) is 80.0 cm³/mol. The van der Waals surface area contributed by atoms with Crippen LogP contribution in [0.4, 0.5) is 5.69 Å². The number of ether oxygens (including phenoxy) is 2. The number of phenols is 1. The Hall–Kier alpha value is -3.02. The number of rotatable bonds is 5. The van der Waals surface area contributed by atoms with Crippen LogP contribution in [0.2, 0.25) is 0 Å². The van der Waals surface area contributed by atoms with Crippen molar-refractivity contribution >= 4 is 17.6 Å². The third kappa shape index (κ3) is 3.99. The van der Waals surface area contributed by atoms with Crippen molar-refractivity contribution in [2.24, 2.45) is 0 Å². The molecule has 2 aromatic carbocycles. The summed E-state index contributed by atoms with van der Waals surface area (Å²) in [7, 11) is 1.44. The first-order valence-electron chi connectivity index (χ1n) is 6.49. The lowest BCUT2D eigenvalue weighted by molar-refractivity contribution is -0.119. The molecule has 0 aliphatic heterocycles. The standard InChI is InChI=1S/C16H15NO5/c1-21-12-7-8-14(18)13(9-12)16(20)22-10-15(19)17-11-5-3-2-4-6-11/h2-9,18H,10H2,1H3,(H,17,19). The Morgan fingerprint density at radius 3 is 2.55 bits per heavy atom. The zero-order chi connectivity index (χ0) is 15.9. The number of phenolic OH excluding ortho intramolecular Hbond substituents is 1. The molecule has 1 amide bonds. The van der Waals surface area contributed by atoms with Crippen molar-refractivity contribution in [3.8, 4) is 11.5 Å². The summed E-state index contributed by atoms with van der Waals surface area (Å²) in [5, 5.41) is 12.2. The molecule has 0 aliphatic rings. The quantitative estimate of drug-likeness (QED) is 0.827. The number of hydrogen-bond donors (Lipinski definition) is 2. The van der Waals surface area contributed by atoms with Gasteiger partial charge in [-0.2, -0.15) is 0 Å². The van der Waals surface area contributed by atoms with E-state index in [1.54, 1.807) is 24.3 Å². The summed E-state index contributed by atoms with van der Waals surface area (Å²) in [5.41, 5.74) is 0.541. The molecule has 114 valence electrons. The Morgan fingerprint density at radius 2 is 1.86 bits per heavy atom. The Bertz CT molecular complexity index is 669. The molecule has 6 heteroatoms. The molecule has 0 unspecified atom stereocenters. The van der Waals surface area contributed by atoms with Crippen LogP contribution in [0.1, 0.15) is 10.4 Å². The zero-order valence-corrected chi connectivity index (χ0v) is 11.9. The lowest BCUT2D eigenvalue weighted by Gasteiger charge is -2.08. The van der Waals surface area contributed by atoms with Crippen molar-refractivity contribution in [3.63, 3.8) is 0 Å². The van der Waals surface area contributed by atoms with Gasteiger partial charge >= 0.3 is 5.97 Å². The first-order chi connectivity index (χ1) is 10.6. The highest BCUT2D eigenvalue weighted by Gasteiger charge is 2.15. The van der Waals surface area contributed by atoms with Crippen LogP contribution in [0.25, 0.3) is 0 Å². The van der Waals surface area contributed by atoms with Crippen molar-refractivity contribution < 1.29 is 24.2 Å². The number of esters is 1. The molecule has 6 nitrogen and oxygen atoms in total. The lowest BCUT2D eigenvalue weighted by atomic mass is 10.2. The Balaban J connectivity index is 1.94. The van der Waals surface area contributed by atoms with Gasteiger partial charge in [0.05, 0.1) is 7.11 Å². The number of amides is 1. The highest BCUT2D eigenvalue weighted by molar-refractivity contribution is 5.96. The van der Waals surface area contributed by atoms with Gasteiger partial charge in [0.15, 0.2) is 6.61 Å². The average molecular weight is 301 g/mol. The topological polar surface area (TPSA) is 84.9 Å². The largest absolute Gasteiger partial charge is 0.507 e. The molecule has 2 N–H and O–H groups in total. The van der Waals surface area contributed by atoms with Gasteiger partial charge in [-0.1, -0.05) is 18.2 Å². The summed E-state index contributed by atoms with van der Waals surface area (Å²) in [4.78, 5) is 23.6. The molecule has 0 heterocycles. The van der Waals surface area contributed by atoms with Gasteiger partial charge in [-0.3, -0.25) is 4.79 Å². The van der Waals surface area contributed by atoms with E-state index in [2.05, 4.69) is 5.32 Å². The minimum atomic E-state index is -0.806. The molecule has 0 spiro atoms. The van der Waals surface area contributed by atoms with Gasteiger partial charge in [0, 0.05) is 5.69 Å². The number of hydrogen-bond acceptors (Lipinski definition) is 5. The van der Waals surface area contributed by atoms with Crippen LogP contribution >= 0.6 is 0 Å². The third-order valence-corrected chi connectivity index (χ3v) is 2.82. The van der Waals surface area contributed by atoms with Crippen molar-refractivity contribution in [2.45, 2.75) is 0 Å². The Labute approximate surface area is 127 Å². The first kappa shape index (κ1) is 15.4. The van der Waals surface area contributed by atoms with E-state index in [-0.39, 0.29) is 11.3 Å². The van der Waals surface area contributed by atoms with Crippen molar-refractivity contribution in [3.05, 3.63) is 54.1 Å². The number of carbonyl (C=O) groups is 2. The van der Waals surface area contributed by atoms with E-state index in [9.17, 15) is 14.7 Å². The lowest BCUT2D eigenvalue weighted by Crippen LogP contribution is -2.20. The third-order valence-electron chi connectivity index (χ3n) is 2.82. The van der Waals surface area contributed by atoms with Gasteiger partial charge in [0.25, 0.3) is 5.91 Å². The molecule has 2 rings (SSSR count). The summed E-state index contributed by atoms with van der Waals surface area (Å²) >= 11 is 0. The fourth-order valence-electron chi connectivity index (χ4n) is 1.73. The van der Waals surface area contributed by atoms with Gasteiger partial charge < -0.3 is 19.9 Å². The Kier molecular flexibility index (Phi) is 4.98. The molecule has 0 bridgehead atoms. The van der Waals surface area contributed by atoms with Crippen molar-refractivity contribution in [1.82, 2.24) is 0 Å². The van der Waals surface area contributed by atoms with E-state index in [1.165, 1.54) is 25.3 Å². The van der Waals surface area contributed by atoms with Crippen LogP contribution in [0.5, 0.6) is 11.5 Å². The number of aromatic hydroxyl groups is 1. The van der Waals surface area contributed by atoms with Gasteiger partial charge in [0.1, 0.15) is 17.1 Å². The molecular weight excluding hydrogens is 286 g/mol. The number of benzene rings is 2. The molecule has 0 aromatic heterocycles. The molecule has 0 aliphatic carbocycles. The molecule has 0 fully saturated rings. The number of methoxy groups -OCH3 is 1. The minimum absolute atomic E-state index is 0.0631. The van der Waals surface area contributed by atoms with E-state index < -0.39 is 18.5 Å². The highest BCUT2D eigenvalue weighted by Crippen LogP contribution is 2.23. The zero-order valence-electron chi connectivity index (χ0n) is 11.9. The average Bonchev–Trinajstić information content (AvgIpc) is 2.54. The van der Waals surface area contributed by atoms with E-state index in [1.807, 2.05) is 6.07 Å². The number of anilines is 1. The minimum Gasteiger partial charge on any atom is -0.507 e. The fraction of sp³-hybridized carbons (Fsp3) is 0.125. The summed E-state index contributed by atoms with van der Waals surface area (Å²) in [6.45, 7) is -0.454. The highest BCUT2D eigenvalue weighted by atomic mass is 16.5. The van der Waals surface area contributed by atoms with Crippen LogP contribution in [-0.4, -0.2) is 30.7 Å². The molecule has 2 aromatic rings. The van der Waals surface area contributed by atoms with E-state index in [0.717, 1.165) is 0 Å². The van der Waals surface area contributed by atoms with Gasteiger partial charge in [-0.15, -0.1) is 0 Å². The second kappa shape index (κ2) is 7.12. The van der Waals surface area contributed by atoms with Crippen molar-refractivity contribution in [1.29, 1.82) is 0 Å². The number of carbonyl (C=O) groups excluding carboxylic acids is 2. The summed E-state index contributed by atoms with van der Waals surface area (Å²) < 4.78 is 9.84. The fourth-order valence-corrected chi connectivity index (χ4v) is 1.73. The summed E-state index contributed by atoms with van der Waals surface area (Å²) in [5.74, 6) is -1.12. The molecule has 0 atom stereocenters. The molecular formula is C16H15NO5. The maximum Gasteiger partial charge on any atom is 0.342 e. The molecule has 22 heavy (non-hydrogen) atoms. The molecule has 0 radical (unpaired) electrons. The number of para-hydroxylation sites is 1. The molecule has 0 saturated heterocycles. The Morgan fingerprint density at radius 1 is 1.14 bits per heavy atom. The van der Waals surface area contributed by atoms with Crippen LogP contribution in [0.15, 0.2) is 48.5 Å². The van der Waals surface area contributed by atoms with Crippen LogP contribution in [-0.2, 0) is 9.53 Å². The maximum absolute atomic E-state index is 11.9. The van der Waals surface area contributed by atoms with E-state index in [4.69, 9.17) is 9.47 Å². The van der Waals surface area contributed by atoms with Crippen LogP contribution < -0.4 is 10.1 Å². The van der Waals surface area contributed by atoms with Crippen molar-refractivity contribution in [2.75, 3.05) is 19.0 Å². The smallest absolute Gasteiger partial charge is 0.342 e. The van der Waals surface area contributed by atoms with Crippen LogP contribution in [0.3, 0.4) is 0 Å². The van der Waals surface area contributed by atoms with Gasteiger partial charge in [-0.25, -0.2) is 4.79 Å². The van der Waals surface area contributed by atoms with Gasteiger partial charge in [-0.05, 0) is 30.3 Å². The molecule has 0 saturated carbocycles. The first-order valence-corrected chi connectivity index (χ1v) is 6.49. The normalized spacial score (nSPS) is 9.86. The van der Waals surface area contributed by atoms with Crippen LogP contribution in [0, 0.1) is 0 Å². The van der Waals surface area contributed by atoms with Gasteiger partial charge in [0.2, 0.25) is 0 Å². The maximum atomic E-state index is 11.9. The SMILES string of the molecule is COc1ccc(O)c(C(=O)OCC(=O)Nc2ccccc2)c1. The second-order valence-corrected chi connectivity index (χ2v) is 4.37. The predicted octanol–water partition coefficient (Wildman–Crippen LogP) is 2.20. The monoisotopic (exact) mass is 301 g/mol. The number of nitrogens with one attached hydrogen (secondary N) is 1. The second-order valence-electron chi connectivity index (χ2n) is 4.37. The van der Waals surface area contributed by atoms with E-state index in [0.29, 0.717) is 11.4 Å². The van der Waals surface area contributed by atoms with E-state index >= 15 is 0 Å².